The van der Waals surface area contributed by atoms with Gasteiger partial charge < -0.3 is 20.1 Å². The molecule has 4 aromatic rings. The van der Waals surface area contributed by atoms with E-state index in [9.17, 15) is 14.4 Å². The number of methoxy groups -OCH3 is 1. The first-order valence-electron chi connectivity index (χ1n) is 14.1. The SMILES string of the molecule is CCOC(=O)c1c(NC(=O)CSc2nnc(CNC(=O)c3cccc(C)c3)n2-c2ccccc2OC)sc2c1CCCC2. The summed E-state index contributed by atoms with van der Waals surface area (Å²) in [5.74, 6) is 0.166. The number of thioether (sulfide) groups is 1. The Hall–Kier alpha value is -4.16. The largest absolute Gasteiger partial charge is 0.495 e. The molecule has 0 fully saturated rings. The van der Waals surface area contributed by atoms with Gasteiger partial charge in [0.2, 0.25) is 5.91 Å². The summed E-state index contributed by atoms with van der Waals surface area (Å²) in [7, 11) is 1.57. The number of ether oxygens (including phenoxy) is 2. The zero-order chi connectivity index (χ0) is 30.3. The molecular formula is C31H33N5O5S2. The highest BCUT2D eigenvalue weighted by atomic mass is 32.2. The average Bonchev–Trinajstić information content (AvgIpc) is 3.59. The molecule has 5 rings (SSSR count). The van der Waals surface area contributed by atoms with Crippen molar-refractivity contribution in [3.8, 4) is 11.4 Å². The Morgan fingerprint density at radius 1 is 1.07 bits per heavy atom. The van der Waals surface area contributed by atoms with Crippen LogP contribution in [0.25, 0.3) is 5.69 Å². The Morgan fingerprint density at radius 2 is 1.88 bits per heavy atom. The quantitative estimate of drug-likeness (QED) is 0.170. The highest BCUT2D eigenvalue weighted by molar-refractivity contribution is 7.99. The second-order valence-corrected chi connectivity index (χ2v) is 12.0. The van der Waals surface area contributed by atoms with Crippen LogP contribution in [-0.2, 0) is 28.9 Å². The Balaban J connectivity index is 1.36. The lowest BCUT2D eigenvalue weighted by Crippen LogP contribution is -2.24. The standard InChI is InChI=1S/C31H33N5O5S2/c1-4-41-30(39)27-21-12-5-8-15-24(21)43-29(27)33-26(37)18-42-31-35-34-25(36(31)22-13-6-7-14-23(22)40-3)17-32-28(38)20-11-9-10-19(2)16-20/h6-7,9-11,13-14,16H,4-5,8,12,15,17-18H2,1-3H3,(H,32,38)(H,33,37). The molecule has 1 aliphatic carbocycles. The van der Waals surface area contributed by atoms with Crippen molar-refractivity contribution in [2.75, 3.05) is 24.8 Å². The molecule has 1 aliphatic rings. The van der Waals surface area contributed by atoms with E-state index in [0.29, 0.717) is 38.5 Å². The number of carbonyl (C=O) groups is 3. The molecule has 12 heteroatoms. The third-order valence-electron chi connectivity index (χ3n) is 6.95. The van der Waals surface area contributed by atoms with Gasteiger partial charge in [0.25, 0.3) is 5.91 Å². The van der Waals surface area contributed by atoms with Crippen LogP contribution >= 0.6 is 23.1 Å². The molecule has 43 heavy (non-hydrogen) atoms. The molecule has 0 saturated heterocycles. The molecule has 2 aromatic carbocycles. The summed E-state index contributed by atoms with van der Waals surface area (Å²) in [4.78, 5) is 40.0. The number of hydrogen-bond donors (Lipinski definition) is 2. The van der Waals surface area contributed by atoms with Gasteiger partial charge in [-0.25, -0.2) is 4.79 Å². The van der Waals surface area contributed by atoms with E-state index in [1.807, 2.05) is 49.4 Å². The predicted molar refractivity (Wildman–Crippen MR) is 167 cm³/mol. The smallest absolute Gasteiger partial charge is 0.341 e. The summed E-state index contributed by atoms with van der Waals surface area (Å²) < 4.78 is 12.7. The van der Waals surface area contributed by atoms with E-state index in [1.54, 1.807) is 24.7 Å². The fourth-order valence-corrected chi connectivity index (χ4v) is 7.04. The van der Waals surface area contributed by atoms with E-state index in [0.717, 1.165) is 41.7 Å². The number of nitrogens with one attached hydrogen (secondary N) is 2. The summed E-state index contributed by atoms with van der Waals surface area (Å²) in [6.07, 6.45) is 3.76. The maximum atomic E-state index is 13.2. The molecule has 2 aromatic heterocycles. The van der Waals surface area contributed by atoms with Crippen LogP contribution in [0.1, 0.15) is 62.3 Å². The van der Waals surface area contributed by atoms with Crippen molar-refractivity contribution in [3.63, 3.8) is 0 Å². The first-order chi connectivity index (χ1) is 20.9. The number of aromatic nitrogens is 3. The molecule has 0 radical (unpaired) electrons. The average molecular weight is 620 g/mol. The van der Waals surface area contributed by atoms with Gasteiger partial charge in [-0.05, 0) is 69.4 Å². The minimum atomic E-state index is -0.405. The lowest BCUT2D eigenvalue weighted by atomic mass is 9.95. The third kappa shape index (κ3) is 6.91. The number of amides is 2. The van der Waals surface area contributed by atoms with Crippen molar-refractivity contribution in [1.82, 2.24) is 20.1 Å². The summed E-state index contributed by atoms with van der Waals surface area (Å²) in [5, 5.41) is 15.5. The van der Waals surface area contributed by atoms with Gasteiger partial charge in [0.1, 0.15) is 10.8 Å². The number of hydrogen-bond acceptors (Lipinski definition) is 9. The molecular weight excluding hydrogens is 587 g/mol. The Labute approximate surface area is 258 Å². The highest BCUT2D eigenvalue weighted by Gasteiger charge is 2.27. The number of thiophene rings is 1. The number of para-hydroxylation sites is 2. The van der Waals surface area contributed by atoms with E-state index < -0.39 is 5.97 Å². The molecule has 2 amide bonds. The zero-order valence-corrected chi connectivity index (χ0v) is 25.9. The maximum absolute atomic E-state index is 13.2. The number of nitrogens with zero attached hydrogens (tertiary/aromatic N) is 3. The van der Waals surface area contributed by atoms with Crippen LogP contribution in [-0.4, -0.2) is 52.0 Å². The highest BCUT2D eigenvalue weighted by Crippen LogP contribution is 2.39. The number of benzene rings is 2. The topological polar surface area (TPSA) is 124 Å². The second-order valence-electron chi connectivity index (χ2n) is 9.93. The first kappa shape index (κ1) is 30.3. The normalized spacial score (nSPS) is 12.3. The molecule has 0 unspecified atom stereocenters. The van der Waals surface area contributed by atoms with Crippen LogP contribution in [0.2, 0.25) is 0 Å². The molecule has 0 atom stereocenters. The molecule has 0 spiro atoms. The molecule has 224 valence electrons. The second kappa shape index (κ2) is 13.9. The lowest BCUT2D eigenvalue weighted by molar-refractivity contribution is -0.113. The fraction of sp³-hybridized carbons (Fsp3) is 0.323. The molecule has 2 N–H and O–H groups in total. The van der Waals surface area contributed by atoms with E-state index in [2.05, 4.69) is 20.8 Å². The Morgan fingerprint density at radius 3 is 2.67 bits per heavy atom. The number of fused-ring (bicyclic) bond motifs is 1. The Bertz CT molecular complexity index is 1650. The summed E-state index contributed by atoms with van der Waals surface area (Å²) >= 11 is 2.65. The van der Waals surface area contributed by atoms with Gasteiger partial charge in [-0.2, -0.15) is 0 Å². The van der Waals surface area contributed by atoms with Gasteiger partial charge in [0.05, 0.1) is 37.3 Å². The van der Waals surface area contributed by atoms with Gasteiger partial charge in [-0.3, -0.25) is 14.2 Å². The van der Waals surface area contributed by atoms with Gasteiger partial charge in [-0.15, -0.1) is 21.5 Å². The van der Waals surface area contributed by atoms with E-state index in [1.165, 1.54) is 23.1 Å². The summed E-state index contributed by atoms with van der Waals surface area (Å²) in [5.41, 5.74) is 3.67. The zero-order valence-electron chi connectivity index (χ0n) is 24.3. The molecule has 2 heterocycles. The number of rotatable bonds is 11. The van der Waals surface area contributed by atoms with E-state index in [4.69, 9.17) is 9.47 Å². The van der Waals surface area contributed by atoms with Crippen molar-refractivity contribution in [2.45, 2.75) is 51.2 Å². The van der Waals surface area contributed by atoms with Gasteiger partial charge >= 0.3 is 5.97 Å². The van der Waals surface area contributed by atoms with E-state index >= 15 is 0 Å². The van der Waals surface area contributed by atoms with Crippen LogP contribution in [0.15, 0.2) is 53.7 Å². The van der Waals surface area contributed by atoms with E-state index in [-0.39, 0.29) is 30.7 Å². The van der Waals surface area contributed by atoms with Crippen molar-refractivity contribution in [3.05, 3.63) is 81.5 Å². The van der Waals surface area contributed by atoms with Gasteiger partial charge in [0, 0.05) is 10.4 Å². The van der Waals surface area contributed by atoms with Crippen LogP contribution in [0, 0.1) is 6.92 Å². The monoisotopic (exact) mass is 619 g/mol. The van der Waals surface area contributed by atoms with Crippen molar-refractivity contribution < 1.29 is 23.9 Å². The van der Waals surface area contributed by atoms with Crippen LogP contribution in [0.5, 0.6) is 5.75 Å². The number of carbonyl (C=O) groups excluding carboxylic acids is 3. The van der Waals surface area contributed by atoms with Crippen molar-refractivity contribution in [2.24, 2.45) is 0 Å². The third-order valence-corrected chi connectivity index (χ3v) is 9.09. The van der Waals surface area contributed by atoms with Crippen molar-refractivity contribution in [1.29, 1.82) is 0 Å². The van der Waals surface area contributed by atoms with Crippen LogP contribution in [0.4, 0.5) is 5.00 Å². The summed E-state index contributed by atoms with van der Waals surface area (Å²) in [6.45, 7) is 4.07. The Kier molecular flexibility index (Phi) is 9.78. The number of esters is 1. The number of aryl methyl sites for hydroxylation is 2. The minimum absolute atomic E-state index is 0.0216. The predicted octanol–water partition coefficient (Wildman–Crippen LogP) is 5.36. The molecule has 10 nitrogen and oxygen atoms in total. The first-order valence-corrected chi connectivity index (χ1v) is 15.9. The molecule has 0 aliphatic heterocycles. The number of anilines is 1. The maximum Gasteiger partial charge on any atom is 0.341 e. The molecule has 0 bridgehead atoms. The van der Waals surface area contributed by atoms with Gasteiger partial charge in [-0.1, -0.05) is 41.6 Å². The van der Waals surface area contributed by atoms with Crippen molar-refractivity contribution >= 4 is 45.9 Å². The van der Waals surface area contributed by atoms with Crippen LogP contribution in [0.3, 0.4) is 0 Å². The lowest BCUT2D eigenvalue weighted by Gasteiger charge is -2.14. The fourth-order valence-electron chi connectivity index (χ4n) is 4.98. The summed E-state index contributed by atoms with van der Waals surface area (Å²) in [6, 6.07) is 14.7. The van der Waals surface area contributed by atoms with Gasteiger partial charge in [0.15, 0.2) is 11.0 Å². The minimum Gasteiger partial charge on any atom is -0.495 e. The van der Waals surface area contributed by atoms with Crippen LogP contribution < -0.4 is 15.4 Å². The molecule has 0 saturated carbocycles.